The zero-order valence-electron chi connectivity index (χ0n) is 10.6. The van der Waals surface area contributed by atoms with Crippen LogP contribution in [0.4, 0.5) is 0 Å². The second kappa shape index (κ2) is 5.83. The van der Waals surface area contributed by atoms with E-state index in [-0.39, 0.29) is 24.2 Å². The summed E-state index contributed by atoms with van der Waals surface area (Å²) in [7, 11) is 0. The topological polar surface area (TPSA) is 74.1 Å². The van der Waals surface area contributed by atoms with Gasteiger partial charge in [0.25, 0.3) is 5.56 Å². The summed E-state index contributed by atoms with van der Waals surface area (Å²) in [6, 6.07) is 3.44. The normalized spacial score (nSPS) is 10.6. The number of carbonyl (C=O) groups excluding carboxylic acids is 1. The molecule has 6 nitrogen and oxygen atoms in total. The van der Waals surface area contributed by atoms with Crippen LogP contribution in [0, 0.1) is 0 Å². The zero-order chi connectivity index (χ0) is 13.8. The average Bonchev–Trinajstić information content (AvgIpc) is 2.42. The molecule has 7 heteroatoms. The molecule has 0 aliphatic heterocycles. The summed E-state index contributed by atoms with van der Waals surface area (Å²) in [6.07, 6.45) is 3.32. The number of fused-ring (bicyclic) bond motifs is 1. The maximum absolute atomic E-state index is 12.3. The Balaban J connectivity index is 2.55. The molecule has 0 aliphatic rings. The van der Waals surface area contributed by atoms with Gasteiger partial charge in [-0.25, -0.2) is 9.97 Å². The monoisotopic (exact) mass is 279 g/mol. The lowest BCUT2D eigenvalue weighted by molar-refractivity contribution is -0.144. The first-order chi connectivity index (χ1) is 9.17. The molecule has 2 aromatic rings. The highest BCUT2D eigenvalue weighted by molar-refractivity contribution is 7.98. The number of nitrogens with zero attached hydrogens (tertiary/aromatic N) is 3. The predicted molar refractivity (Wildman–Crippen MR) is 72.2 cm³/mol. The first kappa shape index (κ1) is 13.5. The lowest BCUT2D eigenvalue weighted by atomic mass is 10.3. The molecule has 100 valence electrons. The first-order valence-electron chi connectivity index (χ1n) is 5.72. The Morgan fingerprint density at radius 2 is 2.32 bits per heavy atom. The molecular weight excluding hydrogens is 266 g/mol. The van der Waals surface area contributed by atoms with E-state index in [0.29, 0.717) is 10.7 Å². The number of rotatable bonds is 4. The van der Waals surface area contributed by atoms with E-state index in [2.05, 4.69) is 9.97 Å². The second-order valence-corrected chi connectivity index (χ2v) is 4.44. The molecule has 0 radical (unpaired) electrons. The lowest BCUT2D eigenvalue weighted by Gasteiger charge is -2.10. The van der Waals surface area contributed by atoms with Crippen molar-refractivity contribution in [1.29, 1.82) is 0 Å². The number of thioether (sulfide) groups is 1. The van der Waals surface area contributed by atoms with Gasteiger partial charge in [-0.05, 0) is 25.3 Å². The van der Waals surface area contributed by atoms with E-state index in [1.165, 1.54) is 22.5 Å². The SMILES string of the molecule is CCOC(=O)Cn1c(SC)nc2cccnc2c1=O. The largest absolute Gasteiger partial charge is 0.465 e. The number of aromatic nitrogens is 3. The van der Waals surface area contributed by atoms with E-state index in [9.17, 15) is 9.59 Å². The fraction of sp³-hybridized carbons (Fsp3) is 0.333. The van der Waals surface area contributed by atoms with Crippen LogP contribution in [0.3, 0.4) is 0 Å². The van der Waals surface area contributed by atoms with Crippen LogP contribution in [-0.4, -0.2) is 33.4 Å². The van der Waals surface area contributed by atoms with Crippen molar-refractivity contribution in [1.82, 2.24) is 14.5 Å². The van der Waals surface area contributed by atoms with Crippen molar-refractivity contribution >= 4 is 28.8 Å². The van der Waals surface area contributed by atoms with Crippen molar-refractivity contribution < 1.29 is 9.53 Å². The van der Waals surface area contributed by atoms with Crippen LogP contribution in [0.2, 0.25) is 0 Å². The highest BCUT2D eigenvalue weighted by Gasteiger charge is 2.14. The standard InChI is InChI=1S/C12H13N3O3S/c1-3-18-9(16)7-15-11(17)10-8(5-4-6-13-10)14-12(15)19-2/h4-6H,3,7H2,1-2H3. The number of esters is 1. The summed E-state index contributed by atoms with van der Waals surface area (Å²) >= 11 is 1.30. The Morgan fingerprint density at radius 1 is 1.53 bits per heavy atom. The summed E-state index contributed by atoms with van der Waals surface area (Å²) in [5.74, 6) is -0.461. The Hall–Kier alpha value is -1.89. The van der Waals surface area contributed by atoms with Crippen molar-refractivity contribution in [2.45, 2.75) is 18.6 Å². The molecule has 19 heavy (non-hydrogen) atoms. The van der Waals surface area contributed by atoms with Gasteiger partial charge in [-0.3, -0.25) is 14.2 Å². The molecule has 0 fully saturated rings. The van der Waals surface area contributed by atoms with E-state index in [4.69, 9.17) is 4.74 Å². The minimum atomic E-state index is -0.461. The van der Waals surface area contributed by atoms with E-state index >= 15 is 0 Å². The number of carbonyl (C=O) groups is 1. The molecule has 0 N–H and O–H groups in total. The summed E-state index contributed by atoms with van der Waals surface area (Å²) in [6.45, 7) is 1.85. The van der Waals surface area contributed by atoms with Gasteiger partial charge in [0.05, 0.1) is 12.1 Å². The third-order valence-electron chi connectivity index (χ3n) is 2.46. The predicted octanol–water partition coefficient (Wildman–Crippen LogP) is 1.08. The molecule has 0 saturated heterocycles. The van der Waals surface area contributed by atoms with Gasteiger partial charge >= 0.3 is 5.97 Å². The quantitative estimate of drug-likeness (QED) is 0.473. The fourth-order valence-corrected chi connectivity index (χ4v) is 2.22. The Kier molecular flexibility index (Phi) is 4.16. The molecule has 0 amide bonds. The molecule has 2 rings (SSSR count). The first-order valence-corrected chi connectivity index (χ1v) is 6.95. The molecule has 2 aromatic heterocycles. The smallest absolute Gasteiger partial charge is 0.326 e. The van der Waals surface area contributed by atoms with Gasteiger partial charge in [-0.15, -0.1) is 0 Å². The molecule has 0 bridgehead atoms. The Morgan fingerprint density at radius 3 is 3.00 bits per heavy atom. The minimum absolute atomic E-state index is 0.150. The maximum Gasteiger partial charge on any atom is 0.326 e. The van der Waals surface area contributed by atoms with Gasteiger partial charge in [0.15, 0.2) is 10.7 Å². The fourth-order valence-electron chi connectivity index (χ4n) is 1.66. The van der Waals surface area contributed by atoms with Crippen molar-refractivity contribution in [2.24, 2.45) is 0 Å². The number of ether oxygens (including phenoxy) is 1. The zero-order valence-corrected chi connectivity index (χ0v) is 11.4. The molecular formula is C12H13N3O3S. The van der Waals surface area contributed by atoms with E-state index in [1.807, 2.05) is 0 Å². The van der Waals surface area contributed by atoms with Crippen molar-refractivity contribution in [3.05, 3.63) is 28.7 Å². The van der Waals surface area contributed by atoms with Crippen molar-refractivity contribution in [2.75, 3.05) is 12.9 Å². The highest BCUT2D eigenvalue weighted by Crippen LogP contribution is 2.13. The Bertz CT molecular complexity index is 669. The third kappa shape index (κ3) is 2.76. The van der Waals surface area contributed by atoms with E-state index < -0.39 is 5.97 Å². The van der Waals surface area contributed by atoms with Crippen molar-refractivity contribution in [3.8, 4) is 0 Å². The molecule has 0 atom stereocenters. The highest BCUT2D eigenvalue weighted by atomic mass is 32.2. The molecule has 0 spiro atoms. The summed E-state index contributed by atoms with van der Waals surface area (Å²) < 4.78 is 6.15. The second-order valence-electron chi connectivity index (χ2n) is 3.67. The average molecular weight is 279 g/mol. The van der Waals surface area contributed by atoms with Crippen LogP contribution in [0.25, 0.3) is 11.0 Å². The lowest BCUT2D eigenvalue weighted by Crippen LogP contribution is -2.28. The number of pyridine rings is 1. The number of hydrogen-bond acceptors (Lipinski definition) is 6. The molecule has 0 aromatic carbocycles. The van der Waals surface area contributed by atoms with Gasteiger partial charge in [0, 0.05) is 6.20 Å². The summed E-state index contributed by atoms with van der Waals surface area (Å²) in [5.41, 5.74) is 0.449. The molecule has 0 aliphatic carbocycles. The van der Waals surface area contributed by atoms with Gasteiger partial charge < -0.3 is 4.74 Å². The third-order valence-corrected chi connectivity index (χ3v) is 3.13. The van der Waals surface area contributed by atoms with Crippen LogP contribution in [0.15, 0.2) is 28.3 Å². The van der Waals surface area contributed by atoms with Gasteiger partial charge in [-0.2, -0.15) is 0 Å². The van der Waals surface area contributed by atoms with Gasteiger partial charge in [-0.1, -0.05) is 11.8 Å². The summed E-state index contributed by atoms with van der Waals surface area (Å²) in [4.78, 5) is 32.2. The molecule has 2 heterocycles. The van der Waals surface area contributed by atoms with Crippen LogP contribution in [0.5, 0.6) is 0 Å². The van der Waals surface area contributed by atoms with Crippen LogP contribution < -0.4 is 5.56 Å². The van der Waals surface area contributed by atoms with Crippen LogP contribution in [-0.2, 0) is 16.1 Å². The van der Waals surface area contributed by atoms with Crippen LogP contribution >= 0.6 is 11.8 Å². The van der Waals surface area contributed by atoms with Gasteiger partial charge in [0.1, 0.15) is 6.54 Å². The molecule has 0 unspecified atom stereocenters. The van der Waals surface area contributed by atoms with Crippen molar-refractivity contribution in [3.63, 3.8) is 0 Å². The van der Waals surface area contributed by atoms with Crippen LogP contribution in [0.1, 0.15) is 6.92 Å². The summed E-state index contributed by atoms with van der Waals surface area (Å²) in [5, 5.41) is 0.471. The maximum atomic E-state index is 12.3. The Labute approximate surface area is 113 Å². The van der Waals surface area contributed by atoms with E-state index in [1.54, 1.807) is 25.3 Å². The minimum Gasteiger partial charge on any atom is -0.465 e. The molecule has 0 saturated carbocycles. The van der Waals surface area contributed by atoms with Gasteiger partial charge in [0.2, 0.25) is 0 Å². The number of hydrogen-bond donors (Lipinski definition) is 0. The van der Waals surface area contributed by atoms with E-state index in [0.717, 1.165) is 0 Å².